The lowest BCUT2D eigenvalue weighted by molar-refractivity contribution is 0.979. The number of allylic oxidation sites excluding steroid dienone is 1. The van der Waals surface area contributed by atoms with Crippen LogP contribution in [-0.2, 0) is 0 Å². The molecule has 0 saturated carbocycles. The number of hydrogen-bond acceptors (Lipinski definition) is 1. The van der Waals surface area contributed by atoms with Gasteiger partial charge in [0.2, 0.25) is 0 Å². The molecule has 13 heavy (non-hydrogen) atoms. The molecule has 0 saturated heterocycles. The third kappa shape index (κ3) is 2.94. The van der Waals surface area contributed by atoms with Gasteiger partial charge < -0.3 is 5.32 Å². The first-order chi connectivity index (χ1) is 6.38. The highest BCUT2D eigenvalue weighted by Gasteiger charge is 1.94. The lowest BCUT2D eigenvalue weighted by Crippen LogP contribution is -2.00. The second kappa shape index (κ2) is 5.41. The van der Waals surface area contributed by atoms with Crippen LogP contribution in [0.5, 0.6) is 0 Å². The highest BCUT2D eigenvalue weighted by molar-refractivity contribution is 5.66. The number of nitrogens with one attached hydrogen (secondary N) is 1. The summed E-state index contributed by atoms with van der Waals surface area (Å²) in [5.74, 6) is 0. The van der Waals surface area contributed by atoms with Gasteiger partial charge in [0.15, 0.2) is 0 Å². The molecule has 0 fully saturated rings. The first-order valence-corrected chi connectivity index (χ1v) is 4.84. The minimum absolute atomic E-state index is 1.04. The van der Waals surface area contributed by atoms with E-state index in [0.717, 1.165) is 13.0 Å². The lowest BCUT2D eigenvalue weighted by atomic mass is 10.1. The summed E-state index contributed by atoms with van der Waals surface area (Å²) in [5, 5.41) is 3.40. The predicted octanol–water partition coefficient (Wildman–Crippen LogP) is 3.54. The zero-order valence-corrected chi connectivity index (χ0v) is 8.38. The molecule has 1 heteroatoms. The molecule has 0 unspecified atom stereocenters. The molecule has 1 aromatic carbocycles. The van der Waals surface area contributed by atoms with E-state index in [1.807, 2.05) is 6.92 Å². The van der Waals surface area contributed by atoms with Crippen molar-refractivity contribution >= 4 is 11.8 Å². The number of rotatable bonds is 4. The van der Waals surface area contributed by atoms with Crippen LogP contribution in [0.1, 0.15) is 25.8 Å². The first-order valence-electron chi connectivity index (χ1n) is 4.84. The smallest absolute Gasteiger partial charge is 0.0413 e. The molecule has 0 spiro atoms. The van der Waals surface area contributed by atoms with Crippen molar-refractivity contribution in [2.45, 2.75) is 20.3 Å². The van der Waals surface area contributed by atoms with Crippen LogP contribution >= 0.6 is 0 Å². The second-order valence-corrected chi connectivity index (χ2v) is 3.01. The minimum atomic E-state index is 1.04. The summed E-state index contributed by atoms with van der Waals surface area (Å²) in [5.41, 5.74) is 2.49. The van der Waals surface area contributed by atoms with Crippen LogP contribution in [0.4, 0.5) is 5.69 Å². The molecule has 0 aliphatic heterocycles. The summed E-state index contributed by atoms with van der Waals surface area (Å²) in [6, 6.07) is 8.36. The van der Waals surface area contributed by atoms with Crippen molar-refractivity contribution in [3.05, 3.63) is 35.9 Å². The van der Waals surface area contributed by atoms with E-state index in [0.29, 0.717) is 0 Å². The summed E-state index contributed by atoms with van der Waals surface area (Å²) < 4.78 is 0. The molecular formula is C12H17N. The van der Waals surface area contributed by atoms with Crippen LogP contribution in [0.15, 0.2) is 30.3 Å². The van der Waals surface area contributed by atoms with Gasteiger partial charge >= 0.3 is 0 Å². The molecular weight excluding hydrogens is 158 g/mol. The highest BCUT2D eigenvalue weighted by atomic mass is 14.9. The van der Waals surface area contributed by atoms with Gasteiger partial charge in [0.1, 0.15) is 0 Å². The Hall–Kier alpha value is -1.24. The normalized spacial score (nSPS) is 10.6. The van der Waals surface area contributed by atoms with Crippen LogP contribution in [0.3, 0.4) is 0 Å². The summed E-state index contributed by atoms with van der Waals surface area (Å²) >= 11 is 0. The van der Waals surface area contributed by atoms with Crippen molar-refractivity contribution in [2.24, 2.45) is 0 Å². The number of benzene rings is 1. The van der Waals surface area contributed by atoms with Gasteiger partial charge in [-0.15, -0.1) is 0 Å². The molecule has 0 aromatic heterocycles. The SMILES string of the molecule is C/C=C/c1ccccc1NCCC. The van der Waals surface area contributed by atoms with Crippen molar-refractivity contribution in [3.63, 3.8) is 0 Å². The van der Waals surface area contributed by atoms with Crippen LogP contribution in [-0.4, -0.2) is 6.54 Å². The minimum Gasteiger partial charge on any atom is -0.385 e. The van der Waals surface area contributed by atoms with E-state index in [1.165, 1.54) is 11.3 Å². The van der Waals surface area contributed by atoms with Crippen molar-refractivity contribution in [3.8, 4) is 0 Å². The quantitative estimate of drug-likeness (QED) is 0.738. The van der Waals surface area contributed by atoms with Crippen LogP contribution in [0.25, 0.3) is 6.08 Å². The lowest BCUT2D eigenvalue weighted by Gasteiger charge is -2.07. The molecule has 70 valence electrons. The van der Waals surface area contributed by atoms with Gasteiger partial charge in [0.25, 0.3) is 0 Å². The van der Waals surface area contributed by atoms with Gasteiger partial charge in [-0.3, -0.25) is 0 Å². The molecule has 0 atom stereocenters. The van der Waals surface area contributed by atoms with Gasteiger partial charge in [-0.2, -0.15) is 0 Å². The maximum absolute atomic E-state index is 3.40. The largest absolute Gasteiger partial charge is 0.385 e. The van der Waals surface area contributed by atoms with Crippen LogP contribution in [0, 0.1) is 0 Å². The Morgan fingerprint density at radius 2 is 2.08 bits per heavy atom. The molecule has 0 heterocycles. The van der Waals surface area contributed by atoms with Crippen molar-refractivity contribution in [1.29, 1.82) is 0 Å². The van der Waals surface area contributed by atoms with E-state index in [-0.39, 0.29) is 0 Å². The Labute approximate surface area is 80.5 Å². The van der Waals surface area contributed by atoms with Crippen LogP contribution in [0.2, 0.25) is 0 Å². The second-order valence-electron chi connectivity index (χ2n) is 3.01. The molecule has 1 nitrogen and oxygen atoms in total. The average molecular weight is 175 g/mol. The molecule has 1 N–H and O–H groups in total. The fourth-order valence-electron chi connectivity index (χ4n) is 1.24. The number of anilines is 1. The Bertz CT molecular complexity index is 276. The molecule has 0 amide bonds. The zero-order chi connectivity index (χ0) is 9.52. The molecule has 0 aliphatic rings. The van der Waals surface area contributed by atoms with E-state index < -0.39 is 0 Å². The van der Waals surface area contributed by atoms with Crippen molar-refractivity contribution in [1.82, 2.24) is 0 Å². The summed E-state index contributed by atoms with van der Waals surface area (Å²) in [4.78, 5) is 0. The monoisotopic (exact) mass is 175 g/mol. The Morgan fingerprint density at radius 3 is 2.77 bits per heavy atom. The maximum atomic E-state index is 3.40. The number of hydrogen-bond donors (Lipinski definition) is 1. The summed E-state index contributed by atoms with van der Waals surface area (Å²) in [6.07, 6.45) is 5.34. The molecule has 0 aliphatic carbocycles. The number of para-hydroxylation sites is 1. The molecule has 1 aromatic rings. The standard InChI is InChI=1S/C12H17N/c1-3-7-11-8-5-6-9-12(11)13-10-4-2/h3,5-9,13H,4,10H2,1-2H3/b7-3+. The van der Waals surface area contributed by atoms with Crippen molar-refractivity contribution in [2.75, 3.05) is 11.9 Å². The van der Waals surface area contributed by atoms with Gasteiger partial charge in [0.05, 0.1) is 0 Å². The Balaban J connectivity index is 2.78. The van der Waals surface area contributed by atoms with Crippen molar-refractivity contribution < 1.29 is 0 Å². The fourth-order valence-corrected chi connectivity index (χ4v) is 1.24. The van der Waals surface area contributed by atoms with Gasteiger partial charge in [-0.25, -0.2) is 0 Å². The topological polar surface area (TPSA) is 12.0 Å². The zero-order valence-electron chi connectivity index (χ0n) is 8.38. The first kappa shape index (κ1) is 9.85. The molecule has 1 rings (SSSR count). The maximum Gasteiger partial charge on any atom is 0.0413 e. The highest BCUT2D eigenvalue weighted by Crippen LogP contribution is 2.16. The van der Waals surface area contributed by atoms with E-state index >= 15 is 0 Å². The predicted molar refractivity (Wildman–Crippen MR) is 59.9 cm³/mol. The molecule has 0 radical (unpaired) electrons. The average Bonchev–Trinajstić information content (AvgIpc) is 2.17. The van der Waals surface area contributed by atoms with Gasteiger partial charge in [0, 0.05) is 12.2 Å². The van der Waals surface area contributed by atoms with E-state index in [4.69, 9.17) is 0 Å². The Kier molecular flexibility index (Phi) is 4.10. The summed E-state index contributed by atoms with van der Waals surface area (Å²) in [7, 11) is 0. The van der Waals surface area contributed by atoms with Crippen LogP contribution < -0.4 is 5.32 Å². The van der Waals surface area contributed by atoms with Gasteiger partial charge in [-0.1, -0.05) is 37.3 Å². The van der Waals surface area contributed by atoms with Gasteiger partial charge in [-0.05, 0) is 25.0 Å². The third-order valence-electron chi connectivity index (χ3n) is 1.87. The fraction of sp³-hybridized carbons (Fsp3) is 0.333. The summed E-state index contributed by atoms with van der Waals surface area (Å²) in [6.45, 7) is 5.25. The van der Waals surface area contributed by atoms with E-state index in [9.17, 15) is 0 Å². The van der Waals surface area contributed by atoms with E-state index in [1.54, 1.807) is 0 Å². The third-order valence-corrected chi connectivity index (χ3v) is 1.87. The van der Waals surface area contributed by atoms with E-state index in [2.05, 4.69) is 48.7 Å². The molecule has 0 bridgehead atoms. The Morgan fingerprint density at radius 1 is 1.31 bits per heavy atom.